The molecule has 0 spiro atoms. The van der Waals surface area contributed by atoms with Crippen LogP contribution in [0, 0.1) is 12.8 Å². The number of nitrogens with zero attached hydrogens (tertiary/aromatic N) is 4. The first-order valence-electron chi connectivity index (χ1n) is 14.6. The second-order valence-corrected chi connectivity index (χ2v) is 12.3. The Morgan fingerprint density at radius 3 is 2.21 bits per heavy atom. The fraction of sp³-hybridized carbons (Fsp3) is 0.667. The first kappa shape index (κ1) is 28.7. The first-order chi connectivity index (χ1) is 18.4. The molecule has 1 N–H and O–H groups in total. The summed E-state index contributed by atoms with van der Waals surface area (Å²) >= 11 is 1.49. The Labute approximate surface area is 232 Å². The molecule has 0 radical (unpaired) electrons. The van der Waals surface area contributed by atoms with E-state index in [4.69, 9.17) is 0 Å². The molecule has 1 aromatic carbocycles. The van der Waals surface area contributed by atoms with Crippen molar-refractivity contribution in [2.24, 2.45) is 5.92 Å². The Balaban J connectivity index is 1.48. The average Bonchev–Trinajstić information content (AvgIpc) is 3.34. The van der Waals surface area contributed by atoms with E-state index < -0.39 is 0 Å². The number of amides is 2. The van der Waals surface area contributed by atoms with Crippen LogP contribution >= 0.6 is 11.8 Å². The number of carbonyl (C=O) groups excluding carboxylic acids is 2. The summed E-state index contributed by atoms with van der Waals surface area (Å²) in [7, 11) is 0. The van der Waals surface area contributed by atoms with Gasteiger partial charge in [-0.2, -0.15) is 0 Å². The molecule has 2 fully saturated rings. The van der Waals surface area contributed by atoms with E-state index in [0.29, 0.717) is 29.9 Å². The highest BCUT2D eigenvalue weighted by Gasteiger charge is 2.33. The van der Waals surface area contributed by atoms with Gasteiger partial charge in [-0.05, 0) is 57.6 Å². The van der Waals surface area contributed by atoms with E-state index in [0.717, 1.165) is 42.2 Å². The number of rotatable bonds is 10. The lowest BCUT2D eigenvalue weighted by molar-refractivity contribution is -0.135. The molecule has 2 saturated carbocycles. The molecule has 0 unspecified atom stereocenters. The summed E-state index contributed by atoms with van der Waals surface area (Å²) in [5.41, 5.74) is 1.69. The number of aromatic nitrogens is 3. The topological polar surface area (TPSA) is 80.1 Å². The molecule has 2 amide bonds. The average molecular weight is 540 g/mol. The number of hydrogen-bond donors (Lipinski definition) is 1. The van der Waals surface area contributed by atoms with Gasteiger partial charge in [0.1, 0.15) is 0 Å². The summed E-state index contributed by atoms with van der Waals surface area (Å²) in [6, 6.07) is 8.12. The minimum Gasteiger partial charge on any atom is -0.342 e. The number of thioether (sulfide) groups is 1. The van der Waals surface area contributed by atoms with E-state index in [1.165, 1.54) is 50.3 Å². The molecule has 2 aliphatic carbocycles. The number of nitrogens with one attached hydrogen (secondary N) is 1. The molecule has 1 heterocycles. The lowest BCUT2D eigenvalue weighted by atomic mass is 9.88. The maximum atomic E-state index is 13.7. The molecular weight excluding hydrogens is 494 g/mol. The molecular formula is C30H45N5O2S. The molecule has 0 aliphatic heterocycles. The molecule has 8 heteroatoms. The van der Waals surface area contributed by atoms with Crippen molar-refractivity contribution in [2.45, 2.75) is 122 Å². The largest absolute Gasteiger partial charge is 0.342 e. The predicted octanol–water partition coefficient (Wildman–Crippen LogP) is 6.32. The monoisotopic (exact) mass is 539 g/mol. The number of benzene rings is 1. The minimum absolute atomic E-state index is 0.113. The Morgan fingerprint density at radius 1 is 1.03 bits per heavy atom. The van der Waals surface area contributed by atoms with Crippen molar-refractivity contribution in [3.8, 4) is 0 Å². The van der Waals surface area contributed by atoms with E-state index in [1.54, 1.807) is 0 Å². The van der Waals surface area contributed by atoms with Crippen LogP contribution in [0.5, 0.6) is 0 Å². The highest BCUT2D eigenvalue weighted by molar-refractivity contribution is 7.99. The quantitative estimate of drug-likeness (QED) is 0.357. The molecule has 208 valence electrons. The summed E-state index contributed by atoms with van der Waals surface area (Å²) in [6.07, 6.45) is 12.0. The van der Waals surface area contributed by atoms with Crippen LogP contribution in [0.1, 0.15) is 113 Å². The molecule has 2 aliphatic rings. The van der Waals surface area contributed by atoms with Crippen molar-refractivity contribution in [3.05, 3.63) is 41.2 Å². The van der Waals surface area contributed by atoms with E-state index in [1.807, 2.05) is 31.2 Å². The zero-order valence-corrected chi connectivity index (χ0v) is 24.4. The molecule has 1 atom stereocenters. The van der Waals surface area contributed by atoms with Gasteiger partial charge in [-0.15, -0.1) is 10.2 Å². The molecule has 0 saturated heterocycles. The van der Waals surface area contributed by atoms with Gasteiger partial charge < -0.3 is 14.8 Å². The number of carbonyl (C=O) groups is 2. The lowest BCUT2D eigenvalue weighted by Crippen LogP contribution is -2.49. The van der Waals surface area contributed by atoms with Crippen LogP contribution in [-0.2, 0) is 11.3 Å². The highest BCUT2D eigenvalue weighted by atomic mass is 32.2. The Hall–Kier alpha value is -2.35. The Bertz CT molecular complexity index is 1050. The van der Waals surface area contributed by atoms with Gasteiger partial charge in [0.05, 0.1) is 11.8 Å². The third-order valence-electron chi connectivity index (χ3n) is 8.12. The third-order valence-corrected chi connectivity index (χ3v) is 9.07. The van der Waals surface area contributed by atoms with Crippen molar-refractivity contribution >= 4 is 23.6 Å². The Morgan fingerprint density at radius 2 is 1.66 bits per heavy atom. The van der Waals surface area contributed by atoms with Crippen LogP contribution in [0.25, 0.3) is 0 Å². The van der Waals surface area contributed by atoms with Gasteiger partial charge >= 0.3 is 0 Å². The van der Waals surface area contributed by atoms with Crippen LogP contribution in [-0.4, -0.2) is 49.3 Å². The summed E-state index contributed by atoms with van der Waals surface area (Å²) < 4.78 is 2.06. The standard InChI is InChI=1S/C30H45N5O2S/c1-5-34-28(27(21(2)3)31-29(37)23-14-12-13-22(4)19-23)32-33-30(34)38-20-26(36)35(24-15-8-6-9-16-24)25-17-10-7-11-18-25/h12-14,19,21,24-25,27H,5-11,15-18,20H2,1-4H3,(H,31,37)/t27-/m0/s1. The van der Waals surface area contributed by atoms with Crippen molar-refractivity contribution in [1.29, 1.82) is 0 Å². The molecule has 0 bridgehead atoms. The Kier molecular flexibility index (Phi) is 10.3. The van der Waals surface area contributed by atoms with Crippen LogP contribution < -0.4 is 5.32 Å². The van der Waals surface area contributed by atoms with Crippen molar-refractivity contribution in [1.82, 2.24) is 25.0 Å². The van der Waals surface area contributed by atoms with Gasteiger partial charge in [0, 0.05) is 24.2 Å². The van der Waals surface area contributed by atoms with Gasteiger partial charge in [-0.25, -0.2) is 0 Å². The fourth-order valence-corrected chi connectivity index (χ4v) is 6.98. The highest BCUT2D eigenvalue weighted by Crippen LogP contribution is 2.32. The van der Waals surface area contributed by atoms with E-state index in [-0.39, 0.29) is 23.8 Å². The maximum Gasteiger partial charge on any atom is 0.251 e. The van der Waals surface area contributed by atoms with Crippen LogP contribution in [0.15, 0.2) is 29.4 Å². The summed E-state index contributed by atoms with van der Waals surface area (Å²) in [5, 5.41) is 13.0. The van der Waals surface area contributed by atoms with Gasteiger partial charge in [0.2, 0.25) is 5.91 Å². The zero-order valence-electron chi connectivity index (χ0n) is 23.6. The molecule has 7 nitrogen and oxygen atoms in total. The van der Waals surface area contributed by atoms with Gasteiger partial charge in [-0.3, -0.25) is 9.59 Å². The normalized spacial score (nSPS) is 17.9. The van der Waals surface area contributed by atoms with Gasteiger partial charge in [-0.1, -0.05) is 81.8 Å². The lowest BCUT2D eigenvalue weighted by Gasteiger charge is -2.41. The van der Waals surface area contributed by atoms with Crippen molar-refractivity contribution in [3.63, 3.8) is 0 Å². The zero-order chi connectivity index (χ0) is 27.1. The molecule has 1 aromatic heterocycles. The summed E-state index contributed by atoms with van der Waals surface area (Å²) in [4.78, 5) is 29.0. The molecule has 38 heavy (non-hydrogen) atoms. The van der Waals surface area contributed by atoms with Gasteiger partial charge in [0.25, 0.3) is 5.91 Å². The maximum absolute atomic E-state index is 13.7. The second kappa shape index (κ2) is 13.6. The third kappa shape index (κ3) is 6.99. The fourth-order valence-electron chi connectivity index (χ4n) is 6.10. The van der Waals surface area contributed by atoms with Crippen LogP contribution in [0.3, 0.4) is 0 Å². The van der Waals surface area contributed by atoms with Crippen LogP contribution in [0.2, 0.25) is 0 Å². The molecule has 4 rings (SSSR count). The van der Waals surface area contributed by atoms with E-state index in [9.17, 15) is 9.59 Å². The minimum atomic E-state index is -0.276. The van der Waals surface area contributed by atoms with Crippen molar-refractivity contribution in [2.75, 3.05) is 5.75 Å². The summed E-state index contributed by atoms with van der Waals surface area (Å²) in [5.74, 6) is 1.39. The second-order valence-electron chi connectivity index (χ2n) is 11.3. The van der Waals surface area contributed by atoms with Gasteiger partial charge in [0.15, 0.2) is 11.0 Å². The van der Waals surface area contributed by atoms with E-state index in [2.05, 4.69) is 45.8 Å². The number of aryl methyl sites for hydroxylation is 1. The summed E-state index contributed by atoms with van der Waals surface area (Å²) in [6.45, 7) is 8.89. The van der Waals surface area contributed by atoms with Crippen molar-refractivity contribution < 1.29 is 9.59 Å². The smallest absolute Gasteiger partial charge is 0.251 e. The predicted molar refractivity (Wildman–Crippen MR) is 153 cm³/mol. The first-order valence-corrected chi connectivity index (χ1v) is 15.6. The molecule has 2 aromatic rings. The van der Waals surface area contributed by atoms with Crippen LogP contribution in [0.4, 0.5) is 0 Å². The SMILES string of the molecule is CCn1c(SCC(=O)N(C2CCCCC2)C2CCCCC2)nnc1[C@@H](NC(=O)c1cccc(C)c1)C(C)C. The number of hydrogen-bond acceptors (Lipinski definition) is 5. The van der Waals surface area contributed by atoms with E-state index >= 15 is 0 Å².